The van der Waals surface area contributed by atoms with Crippen molar-refractivity contribution < 1.29 is 22.8 Å². The molecule has 2 rings (SSSR count). The van der Waals surface area contributed by atoms with Gasteiger partial charge in [-0.3, -0.25) is 9.63 Å². The van der Waals surface area contributed by atoms with Crippen molar-refractivity contribution in [3.63, 3.8) is 0 Å². The minimum Gasteiger partial charge on any atom is -0.337 e. The molecule has 0 saturated carbocycles. The van der Waals surface area contributed by atoms with Gasteiger partial charge in [0.1, 0.15) is 5.82 Å². The first-order chi connectivity index (χ1) is 10.8. The van der Waals surface area contributed by atoms with E-state index in [4.69, 9.17) is 11.6 Å². The van der Waals surface area contributed by atoms with Crippen LogP contribution in [0, 0.1) is 24.4 Å². The van der Waals surface area contributed by atoms with E-state index in [0.717, 1.165) is 7.11 Å². The van der Waals surface area contributed by atoms with Crippen molar-refractivity contribution in [2.75, 3.05) is 12.4 Å². The number of carbonyl (C=O) groups is 1. The smallest absolute Gasteiger partial charge is 0.277 e. The van der Waals surface area contributed by atoms with Crippen molar-refractivity contribution in [1.29, 1.82) is 0 Å². The maximum Gasteiger partial charge on any atom is 0.277 e. The Balaban J connectivity index is 2.55. The summed E-state index contributed by atoms with van der Waals surface area (Å²) in [5.74, 6) is -5.60. The topological polar surface area (TPSA) is 63.2 Å². The number of aromatic nitrogens is 1. The minimum atomic E-state index is -1.71. The molecule has 0 radical (unpaired) electrons. The lowest BCUT2D eigenvalue weighted by Gasteiger charge is -2.14. The molecule has 9 heteroatoms. The number of benzene rings is 1. The van der Waals surface area contributed by atoms with Crippen LogP contribution < -0.4 is 10.8 Å². The Bertz CT molecular complexity index is 771. The van der Waals surface area contributed by atoms with E-state index >= 15 is 0 Å². The van der Waals surface area contributed by atoms with Crippen molar-refractivity contribution in [2.45, 2.75) is 6.92 Å². The number of hydrogen-bond acceptors (Lipinski definition) is 4. The number of hydroxylamine groups is 1. The lowest BCUT2D eigenvalue weighted by Crippen LogP contribution is -2.24. The molecule has 1 aromatic carbocycles. The molecule has 0 saturated heterocycles. The molecule has 0 unspecified atom stereocenters. The number of amides is 1. The van der Waals surface area contributed by atoms with Gasteiger partial charge < -0.3 is 5.32 Å². The summed E-state index contributed by atoms with van der Waals surface area (Å²) in [7, 11) is 1.14. The number of hydrogen-bond donors (Lipinski definition) is 2. The lowest BCUT2D eigenvalue weighted by atomic mass is 10.1. The molecule has 0 aliphatic carbocycles. The Morgan fingerprint density at radius 3 is 2.57 bits per heavy atom. The van der Waals surface area contributed by atoms with Crippen LogP contribution in [0.1, 0.15) is 15.9 Å². The van der Waals surface area contributed by atoms with Crippen LogP contribution in [0.4, 0.5) is 24.7 Å². The molecule has 0 bridgehead atoms. The second-order valence-corrected chi connectivity index (χ2v) is 4.92. The van der Waals surface area contributed by atoms with E-state index in [1.165, 1.54) is 12.3 Å². The van der Waals surface area contributed by atoms with Crippen LogP contribution in [0.2, 0.25) is 5.02 Å². The summed E-state index contributed by atoms with van der Waals surface area (Å²) in [5.41, 5.74) is 1.36. The highest BCUT2D eigenvalue weighted by Crippen LogP contribution is 2.29. The second kappa shape index (κ2) is 6.84. The fourth-order valence-electron chi connectivity index (χ4n) is 1.83. The molecule has 2 aromatic rings. The number of pyridine rings is 1. The van der Waals surface area contributed by atoms with E-state index in [0.29, 0.717) is 16.7 Å². The molecule has 0 spiro atoms. The van der Waals surface area contributed by atoms with Crippen LogP contribution >= 0.6 is 11.6 Å². The third kappa shape index (κ3) is 3.54. The molecule has 1 aromatic heterocycles. The molecule has 5 nitrogen and oxygen atoms in total. The van der Waals surface area contributed by atoms with Crippen molar-refractivity contribution in [3.05, 3.63) is 51.9 Å². The van der Waals surface area contributed by atoms with Gasteiger partial charge in [0.05, 0.1) is 23.4 Å². The van der Waals surface area contributed by atoms with E-state index in [1.54, 1.807) is 6.92 Å². The first kappa shape index (κ1) is 17.0. The van der Waals surface area contributed by atoms with Crippen LogP contribution in [0.25, 0.3) is 0 Å². The van der Waals surface area contributed by atoms with E-state index < -0.39 is 34.6 Å². The lowest BCUT2D eigenvalue weighted by molar-refractivity contribution is 0.0537. The fourth-order valence-corrected chi connectivity index (χ4v) is 2.05. The maximum atomic E-state index is 14.1. The summed E-state index contributed by atoms with van der Waals surface area (Å²) in [6, 6.07) is 2.09. The summed E-state index contributed by atoms with van der Waals surface area (Å²) in [6.45, 7) is 1.62. The average molecular weight is 346 g/mol. The molecule has 0 aliphatic heterocycles. The third-order valence-electron chi connectivity index (χ3n) is 2.89. The Hall–Kier alpha value is -2.32. The quantitative estimate of drug-likeness (QED) is 0.657. The normalized spacial score (nSPS) is 10.5. The second-order valence-electron chi connectivity index (χ2n) is 4.49. The molecule has 0 atom stereocenters. The van der Waals surface area contributed by atoms with Gasteiger partial charge in [-0.1, -0.05) is 11.6 Å². The number of aryl methyl sites for hydroxylation is 1. The molecule has 122 valence electrons. The minimum absolute atomic E-state index is 0.130. The van der Waals surface area contributed by atoms with Crippen LogP contribution in [-0.4, -0.2) is 18.0 Å². The Labute approximate surface area is 134 Å². The summed E-state index contributed by atoms with van der Waals surface area (Å²) >= 11 is 5.77. The van der Waals surface area contributed by atoms with Gasteiger partial charge in [-0.2, -0.15) is 0 Å². The Morgan fingerprint density at radius 1 is 1.26 bits per heavy atom. The van der Waals surface area contributed by atoms with Crippen LogP contribution in [0.5, 0.6) is 0 Å². The first-order valence-electron chi connectivity index (χ1n) is 6.25. The summed E-state index contributed by atoms with van der Waals surface area (Å²) in [4.78, 5) is 20.2. The molecule has 2 N–H and O–H groups in total. The molecule has 1 heterocycles. The number of anilines is 2. The molecular formula is C14H11ClF3N3O2. The maximum absolute atomic E-state index is 14.1. The molecule has 0 fully saturated rings. The van der Waals surface area contributed by atoms with Crippen LogP contribution in [-0.2, 0) is 4.84 Å². The van der Waals surface area contributed by atoms with Crippen molar-refractivity contribution in [2.24, 2.45) is 0 Å². The van der Waals surface area contributed by atoms with Gasteiger partial charge in [0, 0.05) is 6.20 Å². The SMILES string of the molecule is CONC(=O)c1cc(F)c(F)c(F)c1Nc1ncc(Cl)cc1C. The Morgan fingerprint density at radius 2 is 1.96 bits per heavy atom. The monoisotopic (exact) mass is 345 g/mol. The highest BCUT2D eigenvalue weighted by Gasteiger charge is 2.23. The largest absolute Gasteiger partial charge is 0.337 e. The van der Waals surface area contributed by atoms with Gasteiger partial charge in [-0.05, 0) is 24.6 Å². The zero-order valence-electron chi connectivity index (χ0n) is 12.0. The molecular weight excluding hydrogens is 335 g/mol. The van der Waals surface area contributed by atoms with Gasteiger partial charge >= 0.3 is 0 Å². The highest BCUT2D eigenvalue weighted by atomic mass is 35.5. The Kier molecular flexibility index (Phi) is 5.07. The van der Waals surface area contributed by atoms with Gasteiger partial charge in [0.25, 0.3) is 5.91 Å². The molecule has 0 aliphatic rings. The fraction of sp³-hybridized carbons (Fsp3) is 0.143. The van der Waals surface area contributed by atoms with E-state index in [-0.39, 0.29) is 5.82 Å². The van der Waals surface area contributed by atoms with Crippen molar-refractivity contribution in [3.8, 4) is 0 Å². The third-order valence-corrected chi connectivity index (χ3v) is 3.10. The predicted octanol–water partition coefficient (Wildman–Crippen LogP) is 3.50. The standard InChI is InChI=1S/C14H11ClF3N3O2/c1-6-3-7(15)5-19-13(6)20-12-8(14(22)21-23-2)4-9(16)10(17)11(12)18/h3-5H,1-2H3,(H,19,20)(H,21,22). The predicted molar refractivity (Wildman–Crippen MR) is 78.1 cm³/mol. The van der Waals surface area contributed by atoms with Gasteiger partial charge in [0.2, 0.25) is 0 Å². The van der Waals surface area contributed by atoms with Crippen molar-refractivity contribution in [1.82, 2.24) is 10.5 Å². The van der Waals surface area contributed by atoms with E-state index in [9.17, 15) is 18.0 Å². The van der Waals surface area contributed by atoms with Crippen molar-refractivity contribution >= 4 is 29.0 Å². The van der Waals surface area contributed by atoms with Crippen LogP contribution in [0.3, 0.4) is 0 Å². The number of nitrogens with zero attached hydrogens (tertiary/aromatic N) is 1. The van der Waals surface area contributed by atoms with Gasteiger partial charge in [-0.15, -0.1) is 0 Å². The summed E-state index contributed by atoms with van der Waals surface area (Å²) in [6.07, 6.45) is 1.28. The summed E-state index contributed by atoms with van der Waals surface area (Å²) in [5, 5.41) is 2.82. The number of halogens is 4. The van der Waals surface area contributed by atoms with Crippen LogP contribution in [0.15, 0.2) is 18.3 Å². The van der Waals surface area contributed by atoms with E-state index in [1.807, 2.05) is 5.48 Å². The average Bonchev–Trinajstić information content (AvgIpc) is 2.50. The summed E-state index contributed by atoms with van der Waals surface area (Å²) < 4.78 is 41.0. The van der Waals surface area contributed by atoms with Gasteiger partial charge in [-0.25, -0.2) is 23.6 Å². The van der Waals surface area contributed by atoms with E-state index in [2.05, 4.69) is 15.1 Å². The number of nitrogens with one attached hydrogen (secondary N) is 2. The first-order valence-corrected chi connectivity index (χ1v) is 6.63. The highest BCUT2D eigenvalue weighted by molar-refractivity contribution is 6.30. The molecule has 23 heavy (non-hydrogen) atoms. The molecule has 1 amide bonds. The van der Waals surface area contributed by atoms with Gasteiger partial charge in [0.15, 0.2) is 17.5 Å². The number of carbonyl (C=O) groups excluding carboxylic acids is 1. The zero-order valence-corrected chi connectivity index (χ0v) is 12.8. The zero-order chi connectivity index (χ0) is 17.1. The number of rotatable bonds is 4.